The van der Waals surface area contributed by atoms with Crippen molar-refractivity contribution in [2.75, 3.05) is 4.72 Å². The van der Waals surface area contributed by atoms with Gasteiger partial charge in [-0.2, -0.15) is 5.10 Å². The summed E-state index contributed by atoms with van der Waals surface area (Å²) >= 11 is 12.4. The number of anilines is 1. The maximum atomic E-state index is 12.7. The van der Waals surface area contributed by atoms with Gasteiger partial charge in [-0.05, 0) is 38.1 Å². The molecule has 3 aromatic rings. The Morgan fingerprint density at radius 3 is 2.24 bits per heavy atom. The van der Waals surface area contributed by atoms with Gasteiger partial charge < -0.3 is 0 Å². The lowest BCUT2D eigenvalue weighted by Crippen LogP contribution is -2.14. The Hall–Kier alpha value is -2.62. The minimum Gasteiger partial charge on any atom is -0.276 e. The molecule has 0 spiro atoms. The van der Waals surface area contributed by atoms with Crippen LogP contribution in [-0.2, 0) is 16.6 Å². The molecule has 0 saturated heterocycles. The van der Waals surface area contributed by atoms with Gasteiger partial charge in [0.25, 0.3) is 15.7 Å². The molecule has 0 radical (unpaired) electrons. The van der Waals surface area contributed by atoms with E-state index in [0.717, 1.165) is 12.1 Å². The van der Waals surface area contributed by atoms with E-state index < -0.39 is 14.9 Å². The van der Waals surface area contributed by atoms with Crippen molar-refractivity contribution in [3.8, 4) is 0 Å². The zero-order valence-electron chi connectivity index (χ0n) is 15.4. The van der Waals surface area contributed by atoms with Gasteiger partial charge in [0, 0.05) is 27.7 Å². The van der Waals surface area contributed by atoms with Gasteiger partial charge in [0.2, 0.25) is 0 Å². The summed E-state index contributed by atoms with van der Waals surface area (Å²) < 4.78 is 29.5. The normalized spacial score (nSPS) is 11.4. The van der Waals surface area contributed by atoms with Crippen LogP contribution in [0.5, 0.6) is 0 Å². The van der Waals surface area contributed by atoms with Crippen molar-refractivity contribution >= 4 is 44.6 Å². The third-order valence-electron chi connectivity index (χ3n) is 4.35. The van der Waals surface area contributed by atoms with Crippen LogP contribution in [-0.4, -0.2) is 23.1 Å². The van der Waals surface area contributed by atoms with Crippen LogP contribution in [0, 0.1) is 24.0 Å². The highest BCUT2D eigenvalue weighted by molar-refractivity contribution is 7.92. The van der Waals surface area contributed by atoms with Crippen molar-refractivity contribution in [2.45, 2.75) is 25.3 Å². The zero-order valence-corrected chi connectivity index (χ0v) is 17.7. The molecule has 152 valence electrons. The number of rotatable bonds is 6. The molecule has 0 aliphatic rings. The molecule has 3 rings (SSSR count). The first-order valence-electron chi connectivity index (χ1n) is 8.34. The molecule has 8 nitrogen and oxygen atoms in total. The van der Waals surface area contributed by atoms with Crippen LogP contribution < -0.4 is 4.72 Å². The molecular formula is C18H16Cl2N4O4S. The second-order valence-corrected chi connectivity index (χ2v) is 8.76. The average molecular weight is 455 g/mol. The number of hydrogen-bond acceptors (Lipinski definition) is 5. The van der Waals surface area contributed by atoms with Crippen LogP contribution in [0.25, 0.3) is 0 Å². The molecule has 0 fully saturated rings. The van der Waals surface area contributed by atoms with Crippen LogP contribution >= 0.6 is 23.2 Å². The molecule has 0 aliphatic heterocycles. The lowest BCUT2D eigenvalue weighted by Gasteiger charge is -2.10. The first-order valence-corrected chi connectivity index (χ1v) is 10.6. The number of sulfonamides is 1. The van der Waals surface area contributed by atoms with Crippen LogP contribution in [0.15, 0.2) is 47.4 Å². The topological polar surface area (TPSA) is 107 Å². The quantitative estimate of drug-likeness (QED) is 0.433. The summed E-state index contributed by atoms with van der Waals surface area (Å²) in [6.07, 6.45) is 0. The van der Waals surface area contributed by atoms with Crippen LogP contribution in [0.2, 0.25) is 10.0 Å². The maximum Gasteiger partial charge on any atom is 0.269 e. The summed E-state index contributed by atoms with van der Waals surface area (Å²) in [5.74, 6) is 0. The number of nitrogens with zero attached hydrogens (tertiary/aromatic N) is 3. The smallest absolute Gasteiger partial charge is 0.269 e. The Kier molecular flexibility index (Phi) is 5.83. The van der Waals surface area contributed by atoms with Gasteiger partial charge in [0.15, 0.2) is 0 Å². The number of aromatic nitrogens is 2. The van der Waals surface area contributed by atoms with Gasteiger partial charge in [-0.25, -0.2) is 8.42 Å². The second-order valence-electron chi connectivity index (χ2n) is 6.26. The maximum absolute atomic E-state index is 12.7. The fraction of sp³-hybridized carbons (Fsp3) is 0.167. The molecule has 0 saturated carbocycles. The second kappa shape index (κ2) is 8.02. The largest absolute Gasteiger partial charge is 0.276 e. The Morgan fingerprint density at radius 2 is 1.69 bits per heavy atom. The first-order chi connectivity index (χ1) is 13.6. The Bertz CT molecular complexity index is 1170. The summed E-state index contributed by atoms with van der Waals surface area (Å²) in [5.41, 5.74) is 1.85. The molecule has 0 amide bonds. The van der Waals surface area contributed by atoms with E-state index in [-0.39, 0.29) is 17.1 Å². The number of halogens is 2. The molecule has 0 aliphatic carbocycles. The summed E-state index contributed by atoms with van der Waals surface area (Å²) in [7, 11) is -3.95. The number of nitro groups is 1. The Labute approximate surface area is 177 Å². The van der Waals surface area contributed by atoms with Gasteiger partial charge in [-0.1, -0.05) is 29.3 Å². The van der Waals surface area contributed by atoms with Crippen molar-refractivity contribution in [1.82, 2.24) is 9.78 Å². The highest BCUT2D eigenvalue weighted by atomic mass is 35.5. The summed E-state index contributed by atoms with van der Waals surface area (Å²) in [4.78, 5) is 10.1. The standard InChI is InChI=1S/C18H16Cl2N4O4S/c1-11-18(22-29(27,28)14-8-6-13(7-9-14)24(25)26)12(2)23(21-11)10-15-16(19)4-3-5-17(15)20/h3-9,22H,10H2,1-2H3. The lowest BCUT2D eigenvalue weighted by atomic mass is 10.2. The molecule has 0 bridgehead atoms. The van der Waals surface area contributed by atoms with E-state index in [1.165, 1.54) is 12.1 Å². The van der Waals surface area contributed by atoms with Crippen LogP contribution in [0.4, 0.5) is 11.4 Å². The van der Waals surface area contributed by atoms with Gasteiger partial charge >= 0.3 is 0 Å². The van der Waals surface area contributed by atoms with Crippen molar-refractivity contribution in [2.24, 2.45) is 0 Å². The minimum atomic E-state index is -3.95. The molecule has 29 heavy (non-hydrogen) atoms. The molecule has 11 heteroatoms. The summed E-state index contributed by atoms with van der Waals surface area (Å²) in [6.45, 7) is 3.66. The SMILES string of the molecule is Cc1nn(Cc2c(Cl)cccc2Cl)c(C)c1NS(=O)(=O)c1ccc([N+](=O)[O-])cc1. The third kappa shape index (κ3) is 4.36. The van der Waals surface area contributed by atoms with Crippen molar-refractivity contribution < 1.29 is 13.3 Å². The molecule has 1 aromatic heterocycles. The molecule has 2 aromatic carbocycles. The van der Waals surface area contributed by atoms with Crippen molar-refractivity contribution in [3.05, 3.63) is 79.6 Å². The predicted octanol–water partition coefficient (Wildman–Crippen LogP) is 4.56. The molecule has 1 N–H and O–H groups in total. The van der Waals surface area contributed by atoms with Crippen molar-refractivity contribution in [1.29, 1.82) is 0 Å². The Balaban J connectivity index is 1.91. The average Bonchev–Trinajstić information content (AvgIpc) is 2.92. The first kappa shape index (κ1) is 21.1. The van der Waals surface area contributed by atoms with E-state index in [2.05, 4.69) is 9.82 Å². The van der Waals surface area contributed by atoms with Crippen LogP contribution in [0.3, 0.4) is 0 Å². The van der Waals surface area contributed by atoms with E-state index in [0.29, 0.717) is 32.7 Å². The van der Waals surface area contributed by atoms with E-state index in [1.54, 1.807) is 36.7 Å². The molecule has 0 unspecified atom stereocenters. The number of non-ortho nitro benzene ring substituents is 1. The van der Waals surface area contributed by atoms with E-state index in [4.69, 9.17) is 23.2 Å². The zero-order chi connectivity index (χ0) is 21.3. The predicted molar refractivity (Wildman–Crippen MR) is 111 cm³/mol. The van der Waals surface area contributed by atoms with E-state index in [1.807, 2.05) is 0 Å². The molecule has 0 atom stereocenters. The Morgan fingerprint density at radius 1 is 1.10 bits per heavy atom. The monoisotopic (exact) mass is 454 g/mol. The molecular weight excluding hydrogens is 439 g/mol. The van der Waals surface area contributed by atoms with Crippen LogP contribution in [0.1, 0.15) is 17.0 Å². The number of hydrogen-bond donors (Lipinski definition) is 1. The van der Waals surface area contributed by atoms with Gasteiger partial charge in [-0.3, -0.25) is 19.5 Å². The highest BCUT2D eigenvalue weighted by Crippen LogP contribution is 2.28. The number of aryl methyl sites for hydroxylation is 1. The minimum absolute atomic E-state index is 0.0937. The van der Waals surface area contributed by atoms with Gasteiger partial charge in [0.1, 0.15) is 0 Å². The summed E-state index contributed by atoms with van der Waals surface area (Å²) in [5, 5.41) is 16.1. The fourth-order valence-corrected chi connectivity index (χ4v) is 4.47. The van der Waals surface area contributed by atoms with E-state index >= 15 is 0 Å². The van der Waals surface area contributed by atoms with Gasteiger partial charge in [0.05, 0.1) is 33.4 Å². The van der Waals surface area contributed by atoms with Crippen molar-refractivity contribution in [3.63, 3.8) is 0 Å². The number of nitrogens with one attached hydrogen (secondary N) is 1. The fourth-order valence-electron chi connectivity index (χ4n) is 2.77. The van der Waals surface area contributed by atoms with Gasteiger partial charge in [-0.15, -0.1) is 0 Å². The highest BCUT2D eigenvalue weighted by Gasteiger charge is 2.21. The molecule has 1 heterocycles. The lowest BCUT2D eigenvalue weighted by molar-refractivity contribution is -0.384. The van der Waals surface area contributed by atoms with E-state index in [9.17, 15) is 18.5 Å². The third-order valence-corrected chi connectivity index (χ3v) is 6.42. The number of nitro benzene ring substituents is 1. The number of benzene rings is 2. The summed E-state index contributed by atoms with van der Waals surface area (Å²) in [6, 6.07) is 9.80.